The lowest BCUT2D eigenvalue weighted by atomic mass is 9.53. The third-order valence-corrected chi connectivity index (χ3v) is 7.01. The number of anilines is 1. The maximum Gasteiger partial charge on any atom is 0.154 e. The third-order valence-electron chi connectivity index (χ3n) is 7.01. The lowest BCUT2D eigenvalue weighted by molar-refractivity contribution is 0.0106. The molecular formula is C21H24N4O. The van der Waals surface area contributed by atoms with Crippen molar-refractivity contribution in [1.82, 2.24) is 15.0 Å². The van der Waals surface area contributed by atoms with E-state index in [4.69, 9.17) is 4.74 Å². The van der Waals surface area contributed by atoms with E-state index in [0.717, 1.165) is 51.3 Å². The summed E-state index contributed by atoms with van der Waals surface area (Å²) in [7, 11) is 1.71. The molecule has 7 rings (SSSR count). The molecule has 0 radical (unpaired) electrons. The van der Waals surface area contributed by atoms with Crippen LogP contribution in [0.4, 0.5) is 5.82 Å². The van der Waals surface area contributed by atoms with Gasteiger partial charge in [-0.1, -0.05) is 6.07 Å². The van der Waals surface area contributed by atoms with Crippen molar-refractivity contribution in [3.8, 4) is 5.75 Å². The van der Waals surface area contributed by atoms with E-state index in [0.29, 0.717) is 0 Å². The zero-order chi connectivity index (χ0) is 17.3. The summed E-state index contributed by atoms with van der Waals surface area (Å²) in [6.45, 7) is 0. The van der Waals surface area contributed by atoms with E-state index in [1.807, 2.05) is 12.1 Å². The number of methoxy groups -OCH3 is 1. The summed E-state index contributed by atoms with van der Waals surface area (Å²) in [5, 5.41) is 4.95. The molecule has 5 nitrogen and oxygen atoms in total. The molecule has 4 bridgehead atoms. The Morgan fingerprint density at radius 2 is 1.81 bits per heavy atom. The number of benzene rings is 1. The second kappa shape index (κ2) is 5.12. The number of aromatic nitrogens is 3. The SMILES string of the molecule is COc1cccc2[nH]c3c(NC45CC6CC(CC(C6)C4)C5)ncnc3c12. The number of nitrogens with zero attached hydrogens (tertiary/aromatic N) is 2. The van der Waals surface area contributed by atoms with E-state index in [2.05, 4.69) is 26.3 Å². The molecule has 0 unspecified atom stereocenters. The quantitative estimate of drug-likeness (QED) is 0.731. The molecule has 2 aromatic heterocycles. The monoisotopic (exact) mass is 348 g/mol. The van der Waals surface area contributed by atoms with Crippen molar-refractivity contribution in [3.63, 3.8) is 0 Å². The molecule has 134 valence electrons. The Morgan fingerprint density at radius 1 is 1.08 bits per heavy atom. The summed E-state index contributed by atoms with van der Waals surface area (Å²) >= 11 is 0. The van der Waals surface area contributed by atoms with Gasteiger partial charge < -0.3 is 15.0 Å². The number of hydrogen-bond acceptors (Lipinski definition) is 4. The highest BCUT2D eigenvalue weighted by Crippen LogP contribution is 2.56. The predicted octanol–water partition coefficient (Wildman–Crippen LogP) is 4.50. The molecule has 2 heterocycles. The second-order valence-corrected chi connectivity index (χ2v) is 8.78. The van der Waals surface area contributed by atoms with Gasteiger partial charge in [0.05, 0.1) is 18.0 Å². The van der Waals surface area contributed by atoms with Gasteiger partial charge in [-0.15, -0.1) is 0 Å². The van der Waals surface area contributed by atoms with E-state index < -0.39 is 0 Å². The first kappa shape index (κ1) is 14.8. The van der Waals surface area contributed by atoms with E-state index >= 15 is 0 Å². The van der Waals surface area contributed by atoms with Crippen LogP contribution >= 0.6 is 0 Å². The first-order chi connectivity index (χ1) is 12.7. The Kier molecular flexibility index (Phi) is 2.92. The standard InChI is InChI=1S/C21H24N4O/c1-26-16-4-2-3-15-17(16)18-19(24-15)20(23-11-22-18)25-21-8-12-5-13(9-21)7-14(6-12)10-21/h2-4,11-14,24H,5-10H2,1H3,(H,22,23,25). The summed E-state index contributed by atoms with van der Waals surface area (Å²) in [4.78, 5) is 12.7. The summed E-state index contributed by atoms with van der Waals surface area (Å²) in [6.07, 6.45) is 9.93. The van der Waals surface area contributed by atoms with Crippen molar-refractivity contribution in [3.05, 3.63) is 24.5 Å². The Morgan fingerprint density at radius 3 is 2.50 bits per heavy atom. The molecule has 0 aliphatic heterocycles. The first-order valence-electron chi connectivity index (χ1n) is 9.80. The zero-order valence-corrected chi connectivity index (χ0v) is 15.1. The number of H-pyrrole nitrogens is 1. The molecular weight excluding hydrogens is 324 g/mol. The van der Waals surface area contributed by atoms with Crippen LogP contribution < -0.4 is 10.1 Å². The molecule has 0 amide bonds. The molecule has 4 aliphatic rings. The Bertz CT molecular complexity index is 973. The first-order valence-corrected chi connectivity index (χ1v) is 9.80. The molecule has 3 aromatic rings. The van der Waals surface area contributed by atoms with Crippen LogP contribution in [0.25, 0.3) is 21.9 Å². The maximum absolute atomic E-state index is 5.57. The summed E-state index contributed by atoms with van der Waals surface area (Å²) in [6, 6.07) is 6.08. The normalized spacial score (nSPS) is 32.4. The van der Waals surface area contributed by atoms with Crippen molar-refractivity contribution in [2.24, 2.45) is 17.8 Å². The Hall–Kier alpha value is -2.30. The lowest BCUT2D eigenvalue weighted by Crippen LogP contribution is -2.54. The van der Waals surface area contributed by atoms with Crippen LogP contribution in [-0.4, -0.2) is 27.6 Å². The number of rotatable bonds is 3. The number of hydrogen-bond donors (Lipinski definition) is 2. The van der Waals surface area contributed by atoms with Gasteiger partial charge in [0.1, 0.15) is 23.1 Å². The van der Waals surface area contributed by atoms with Crippen LogP contribution in [0.2, 0.25) is 0 Å². The fourth-order valence-electron chi connectivity index (χ4n) is 6.49. The number of aromatic amines is 1. The Balaban J connectivity index is 1.47. The molecule has 1 aromatic carbocycles. The smallest absolute Gasteiger partial charge is 0.154 e. The highest BCUT2D eigenvalue weighted by Gasteiger charge is 2.51. The highest BCUT2D eigenvalue weighted by atomic mass is 16.5. The van der Waals surface area contributed by atoms with Gasteiger partial charge in [-0.25, -0.2) is 9.97 Å². The van der Waals surface area contributed by atoms with Crippen molar-refractivity contribution in [2.45, 2.75) is 44.1 Å². The van der Waals surface area contributed by atoms with Crippen molar-refractivity contribution in [2.75, 3.05) is 12.4 Å². The van der Waals surface area contributed by atoms with Gasteiger partial charge in [-0.2, -0.15) is 0 Å². The van der Waals surface area contributed by atoms with Gasteiger partial charge in [0, 0.05) is 5.54 Å². The van der Waals surface area contributed by atoms with Crippen LogP contribution in [0.3, 0.4) is 0 Å². The second-order valence-electron chi connectivity index (χ2n) is 8.78. The molecule has 5 heteroatoms. The predicted molar refractivity (Wildman–Crippen MR) is 102 cm³/mol. The van der Waals surface area contributed by atoms with Crippen LogP contribution in [0.1, 0.15) is 38.5 Å². The van der Waals surface area contributed by atoms with Crippen LogP contribution in [0.15, 0.2) is 24.5 Å². The number of nitrogens with one attached hydrogen (secondary N) is 2. The molecule has 0 saturated heterocycles. The average molecular weight is 348 g/mol. The van der Waals surface area contributed by atoms with Crippen LogP contribution in [0, 0.1) is 17.8 Å². The van der Waals surface area contributed by atoms with E-state index in [1.165, 1.54) is 38.5 Å². The van der Waals surface area contributed by atoms with Crippen molar-refractivity contribution >= 4 is 27.8 Å². The molecule has 0 atom stereocenters. The molecule has 26 heavy (non-hydrogen) atoms. The fraction of sp³-hybridized carbons (Fsp3) is 0.524. The summed E-state index contributed by atoms with van der Waals surface area (Å²) in [5.41, 5.74) is 3.23. The molecule has 4 aliphatic carbocycles. The van der Waals surface area contributed by atoms with Crippen LogP contribution in [-0.2, 0) is 0 Å². The maximum atomic E-state index is 5.57. The van der Waals surface area contributed by atoms with E-state index in [9.17, 15) is 0 Å². The van der Waals surface area contributed by atoms with Crippen molar-refractivity contribution < 1.29 is 4.74 Å². The van der Waals surface area contributed by atoms with Crippen molar-refractivity contribution in [1.29, 1.82) is 0 Å². The minimum Gasteiger partial charge on any atom is -0.496 e. The molecule has 0 spiro atoms. The topological polar surface area (TPSA) is 62.8 Å². The van der Waals surface area contributed by atoms with Gasteiger partial charge in [0.2, 0.25) is 0 Å². The van der Waals surface area contributed by atoms with Gasteiger partial charge in [-0.05, 0) is 68.4 Å². The van der Waals surface area contributed by atoms with Gasteiger partial charge in [0.15, 0.2) is 5.82 Å². The van der Waals surface area contributed by atoms with E-state index in [-0.39, 0.29) is 5.54 Å². The minimum absolute atomic E-state index is 0.234. The van der Waals surface area contributed by atoms with Gasteiger partial charge in [0.25, 0.3) is 0 Å². The summed E-state index contributed by atoms with van der Waals surface area (Å²) in [5.74, 6) is 4.54. The largest absolute Gasteiger partial charge is 0.496 e. The number of ether oxygens (including phenoxy) is 1. The van der Waals surface area contributed by atoms with Gasteiger partial charge >= 0.3 is 0 Å². The molecule has 4 fully saturated rings. The lowest BCUT2D eigenvalue weighted by Gasteiger charge is -2.57. The third kappa shape index (κ3) is 2.03. The van der Waals surface area contributed by atoms with Crippen LogP contribution in [0.5, 0.6) is 5.75 Å². The number of fused-ring (bicyclic) bond motifs is 3. The van der Waals surface area contributed by atoms with Gasteiger partial charge in [-0.3, -0.25) is 0 Å². The minimum atomic E-state index is 0.234. The summed E-state index contributed by atoms with van der Waals surface area (Å²) < 4.78 is 5.57. The van der Waals surface area contributed by atoms with E-state index in [1.54, 1.807) is 13.4 Å². The Labute approximate surface area is 152 Å². The fourth-order valence-corrected chi connectivity index (χ4v) is 6.49. The highest BCUT2D eigenvalue weighted by molar-refractivity contribution is 6.11. The zero-order valence-electron chi connectivity index (χ0n) is 15.1. The molecule has 4 saturated carbocycles. The molecule has 2 N–H and O–H groups in total. The average Bonchev–Trinajstić information content (AvgIpc) is 3.00.